The van der Waals surface area contributed by atoms with E-state index < -0.39 is 15.8 Å². The summed E-state index contributed by atoms with van der Waals surface area (Å²) in [4.78, 5) is 14.4. The summed E-state index contributed by atoms with van der Waals surface area (Å²) in [5, 5.41) is 3.28. The second-order valence-electron chi connectivity index (χ2n) is 6.17. The third kappa shape index (κ3) is 5.76. The van der Waals surface area contributed by atoms with Gasteiger partial charge in [0.15, 0.2) is 0 Å². The van der Waals surface area contributed by atoms with Gasteiger partial charge < -0.3 is 10.2 Å². The Labute approximate surface area is 148 Å². The van der Waals surface area contributed by atoms with Crippen molar-refractivity contribution in [2.24, 2.45) is 0 Å². The second-order valence-corrected chi connectivity index (χ2v) is 7.94. The third-order valence-electron chi connectivity index (χ3n) is 4.29. The van der Waals surface area contributed by atoms with Crippen molar-refractivity contribution in [3.05, 3.63) is 30.1 Å². The maximum absolute atomic E-state index is 12.9. The molecule has 2 rings (SSSR count). The van der Waals surface area contributed by atoms with E-state index in [2.05, 4.69) is 10.0 Å². The lowest BCUT2D eigenvalue weighted by Gasteiger charge is -2.34. The lowest BCUT2D eigenvalue weighted by Crippen LogP contribution is -2.47. The van der Waals surface area contributed by atoms with Gasteiger partial charge in [0.25, 0.3) is 0 Å². The molecule has 1 aromatic carbocycles. The van der Waals surface area contributed by atoms with Crippen LogP contribution in [0.25, 0.3) is 0 Å². The summed E-state index contributed by atoms with van der Waals surface area (Å²) in [6.45, 7) is 4.54. The van der Waals surface area contributed by atoms with Gasteiger partial charge in [-0.15, -0.1) is 0 Å². The fraction of sp³-hybridized carbons (Fsp3) is 0.588. The molecule has 2 N–H and O–H groups in total. The van der Waals surface area contributed by atoms with Crippen LogP contribution in [0.2, 0.25) is 0 Å². The summed E-state index contributed by atoms with van der Waals surface area (Å²) in [6.07, 6.45) is 2.83. The zero-order chi connectivity index (χ0) is 18.3. The fourth-order valence-corrected chi connectivity index (χ4v) is 4.04. The quantitative estimate of drug-likeness (QED) is 0.726. The summed E-state index contributed by atoms with van der Waals surface area (Å²) >= 11 is 0. The van der Waals surface area contributed by atoms with Crippen molar-refractivity contribution in [3.8, 4) is 0 Å². The molecule has 0 bridgehead atoms. The highest BCUT2D eigenvalue weighted by Crippen LogP contribution is 2.14. The van der Waals surface area contributed by atoms with Gasteiger partial charge in [-0.05, 0) is 56.6 Å². The molecule has 6 nitrogen and oxygen atoms in total. The molecule has 1 aromatic rings. The van der Waals surface area contributed by atoms with Gasteiger partial charge in [0.2, 0.25) is 15.9 Å². The van der Waals surface area contributed by atoms with Crippen molar-refractivity contribution in [3.63, 3.8) is 0 Å². The van der Waals surface area contributed by atoms with Crippen LogP contribution in [-0.4, -0.2) is 51.4 Å². The van der Waals surface area contributed by atoms with E-state index in [1.165, 1.54) is 12.1 Å². The third-order valence-corrected chi connectivity index (χ3v) is 5.77. The first-order valence-corrected chi connectivity index (χ1v) is 10.2. The molecule has 1 amide bonds. The Kier molecular flexibility index (Phi) is 7.34. The van der Waals surface area contributed by atoms with Gasteiger partial charge >= 0.3 is 0 Å². The average molecular weight is 371 g/mol. The van der Waals surface area contributed by atoms with Crippen LogP contribution in [-0.2, 0) is 14.8 Å². The molecule has 0 spiro atoms. The first-order chi connectivity index (χ1) is 11.9. The largest absolute Gasteiger partial charge is 0.340 e. The summed E-state index contributed by atoms with van der Waals surface area (Å²) in [5.74, 6) is -0.526. The van der Waals surface area contributed by atoms with Crippen LogP contribution >= 0.6 is 0 Å². The predicted molar refractivity (Wildman–Crippen MR) is 94.1 cm³/mol. The molecular weight excluding hydrogens is 345 g/mol. The fourth-order valence-electron chi connectivity index (χ4n) is 3.00. The molecule has 0 atom stereocenters. The lowest BCUT2D eigenvalue weighted by molar-refractivity contribution is -0.133. The van der Waals surface area contributed by atoms with Crippen molar-refractivity contribution in [2.75, 3.05) is 26.2 Å². The normalized spacial score (nSPS) is 15.9. The van der Waals surface area contributed by atoms with Crippen molar-refractivity contribution in [1.29, 1.82) is 0 Å². The smallest absolute Gasteiger partial charge is 0.240 e. The van der Waals surface area contributed by atoms with Crippen molar-refractivity contribution in [1.82, 2.24) is 14.9 Å². The van der Waals surface area contributed by atoms with Crippen molar-refractivity contribution >= 4 is 15.9 Å². The van der Waals surface area contributed by atoms with Crippen molar-refractivity contribution in [2.45, 2.75) is 43.5 Å². The minimum absolute atomic E-state index is 0.00915. The first kappa shape index (κ1) is 19.8. The molecule has 1 saturated heterocycles. The minimum atomic E-state index is -3.73. The minimum Gasteiger partial charge on any atom is -0.340 e. The second kappa shape index (κ2) is 9.26. The van der Waals surface area contributed by atoms with Crippen LogP contribution in [0.4, 0.5) is 4.39 Å². The monoisotopic (exact) mass is 371 g/mol. The van der Waals surface area contributed by atoms with E-state index >= 15 is 0 Å². The number of piperidine rings is 1. The molecular formula is C17H26FN3O3S. The number of hydrogen-bond acceptors (Lipinski definition) is 4. The highest BCUT2D eigenvalue weighted by Gasteiger charge is 2.24. The van der Waals surface area contributed by atoms with Crippen LogP contribution in [0.3, 0.4) is 0 Å². The Morgan fingerprint density at radius 2 is 1.92 bits per heavy atom. The van der Waals surface area contributed by atoms with E-state index in [-0.39, 0.29) is 29.8 Å². The van der Waals surface area contributed by atoms with Crippen molar-refractivity contribution < 1.29 is 17.6 Å². The van der Waals surface area contributed by atoms with Crippen LogP contribution in [0.15, 0.2) is 29.2 Å². The molecule has 25 heavy (non-hydrogen) atoms. The van der Waals surface area contributed by atoms with E-state index in [1.54, 1.807) is 0 Å². The van der Waals surface area contributed by atoms with Crippen LogP contribution < -0.4 is 10.0 Å². The maximum Gasteiger partial charge on any atom is 0.240 e. The molecule has 0 saturated carbocycles. The summed E-state index contributed by atoms with van der Waals surface area (Å²) in [7, 11) is -3.73. The van der Waals surface area contributed by atoms with Gasteiger partial charge in [-0.2, -0.15) is 0 Å². The average Bonchev–Trinajstić information content (AvgIpc) is 2.60. The van der Waals surface area contributed by atoms with Crippen LogP contribution in [0.5, 0.6) is 0 Å². The predicted octanol–water partition coefficient (Wildman–Crippen LogP) is 1.48. The van der Waals surface area contributed by atoms with E-state index in [0.717, 1.165) is 44.5 Å². The van der Waals surface area contributed by atoms with Gasteiger partial charge in [0, 0.05) is 25.6 Å². The standard InChI is InChI=1S/C17H26FN3O3S/c1-2-13-21(15-7-10-19-11-8-15)17(22)9-12-20-25(23,24)16-5-3-14(18)4-6-16/h3-6,15,19-20H,2,7-13H2,1H3. The zero-order valence-electron chi connectivity index (χ0n) is 14.5. The van der Waals surface area contributed by atoms with Gasteiger partial charge in [-0.3, -0.25) is 4.79 Å². The Hall–Kier alpha value is -1.51. The number of hydrogen-bond donors (Lipinski definition) is 2. The van der Waals surface area contributed by atoms with Gasteiger partial charge in [-0.1, -0.05) is 6.92 Å². The summed E-state index contributed by atoms with van der Waals surface area (Å²) in [6, 6.07) is 4.83. The highest BCUT2D eigenvalue weighted by molar-refractivity contribution is 7.89. The molecule has 0 unspecified atom stereocenters. The Morgan fingerprint density at radius 3 is 2.52 bits per heavy atom. The molecule has 8 heteroatoms. The number of halogens is 1. The molecule has 0 aromatic heterocycles. The van der Waals surface area contributed by atoms with E-state index in [0.29, 0.717) is 6.54 Å². The topological polar surface area (TPSA) is 78.5 Å². The number of rotatable bonds is 8. The molecule has 1 aliphatic rings. The number of sulfonamides is 1. The number of carbonyl (C=O) groups is 1. The van der Waals surface area contributed by atoms with Gasteiger partial charge in [0.1, 0.15) is 5.82 Å². The number of carbonyl (C=O) groups excluding carboxylic acids is 1. The van der Waals surface area contributed by atoms with E-state index in [4.69, 9.17) is 0 Å². The van der Waals surface area contributed by atoms with Crippen LogP contribution in [0, 0.1) is 5.82 Å². The Balaban J connectivity index is 1.89. The summed E-state index contributed by atoms with van der Waals surface area (Å²) in [5.41, 5.74) is 0. The van der Waals surface area contributed by atoms with Gasteiger partial charge in [-0.25, -0.2) is 17.5 Å². The number of nitrogens with zero attached hydrogens (tertiary/aromatic N) is 1. The Bertz CT molecular complexity index is 658. The Morgan fingerprint density at radius 1 is 1.28 bits per heavy atom. The van der Waals surface area contributed by atoms with E-state index in [1.807, 2.05) is 11.8 Å². The SMILES string of the molecule is CCCN(C(=O)CCNS(=O)(=O)c1ccc(F)cc1)C1CCNCC1. The van der Waals surface area contributed by atoms with E-state index in [9.17, 15) is 17.6 Å². The molecule has 0 radical (unpaired) electrons. The first-order valence-electron chi connectivity index (χ1n) is 8.69. The molecule has 0 aliphatic carbocycles. The number of nitrogens with one attached hydrogen (secondary N) is 2. The highest BCUT2D eigenvalue weighted by atomic mass is 32.2. The molecule has 140 valence electrons. The molecule has 1 fully saturated rings. The molecule has 1 aliphatic heterocycles. The zero-order valence-corrected chi connectivity index (χ0v) is 15.3. The van der Waals surface area contributed by atoms with Crippen LogP contribution in [0.1, 0.15) is 32.6 Å². The lowest BCUT2D eigenvalue weighted by atomic mass is 10.0. The van der Waals surface area contributed by atoms with Gasteiger partial charge in [0.05, 0.1) is 4.90 Å². The number of amides is 1. The summed E-state index contributed by atoms with van der Waals surface area (Å²) < 4.78 is 39.6. The number of benzene rings is 1. The maximum atomic E-state index is 12.9. The molecule has 1 heterocycles.